The zero-order valence-corrected chi connectivity index (χ0v) is 22.9. The molecule has 216 valence electrons. The third-order valence-corrected chi connectivity index (χ3v) is 7.38. The Bertz CT molecular complexity index is 835. The Labute approximate surface area is 225 Å². The molecule has 1 aromatic rings. The van der Waals surface area contributed by atoms with Gasteiger partial charge in [0.05, 0.1) is 23.7 Å². The quantitative estimate of drug-likeness (QED) is 0.112. The smallest absolute Gasteiger partial charge is 0.417 e. The molecule has 0 saturated carbocycles. The molecule has 0 spiro atoms. The van der Waals surface area contributed by atoms with Gasteiger partial charge in [-0.2, -0.15) is 13.2 Å². The second kappa shape index (κ2) is 17.5. The molecule has 0 radical (unpaired) electrons. The molecule has 4 nitrogen and oxygen atoms in total. The van der Waals surface area contributed by atoms with Gasteiger partial charge >= 0.3 is 12.1 Å². The maximum atomic E-state index is 13.6. The summed E-state index contributed by atoms with van der Waals surface area (Å²) in [5.74, 6) is -2.46. The molecule has 1 aliphatic heterocycles. The van der Waals surface area contributed by atoms with E-state index in [1.165, 1.54) is 75.5 Å². The lowest BCUT2D eigenvalue weighted by Crippen LogP contribution is -2.41. The summed E-state index contributed by atoms with van der Waals surface area (Å²) in [5.41, 5.74) is -1.85. The SMILES string of the molecule is CCCCCCCCCCCCCCCCOC(=O)C1CCN(C(=O)c2cc(F)ccc2C(F)(F)F)CC1. The molecular formula is C30H45F4NO3. The van der Waals surface area contributed by atoms with Gasteiger partial charge in [0.1, 0.15) is 5.82 Å². The van der Waals surface area contributed by atoms with Crippen molar-refractivity contribution in [3.8, 4) is 0 Å². The maximum Gasteiger partial charge on any atom is 0.417 e. The lowest BCUT2D eigenvalue weighted by molar-refractivity contribution is -0.150. The third kappa shape index (κ3) is 11.7. The lowest BCUT2D eigenvalue weighted by atomic mass is 9.96. The van der Waals surface area contributed by atoms with Crippen LogP contribution in [0.1, 0.15) is 126 Å². The van der Waals surface area contributed by atoms with E-state index in [0.717, 1.165) is 19.3 Å². The summed E-state index contributed by atoms with van der Waals surface area (Å²) in [4.78, 5) is 26.3. The van der Waals surface area contributed by atoms with E-state index in [1.54, 1.807) is 0 Å². The van der Waals surface area contributed by atoms with Crippen molar-refractivity contribution < 1.29 is 31.9 Å². The fraction of sp³-hybridized carbons (Fsp3) is 0.733. The number of rotatable bonds is 17. The minimum absolute atomic E-state index is 0.130. The van der Waals surface area contributed by atoms with E-state index in [-0.39, 0.29) is 25.0 Å². The van der Waals surface area contributed by atoms with Gasteiger partial charge in [-0.1, -0.05) is 90.4 Å². The molecule has 0 aromatic heterocycles. The predicted octanol–water partition coefficient (Wildman–Crippen LogP) is 8.72. The molecule has 0 bridgehead atoms. The molecule has 1 saturated heterocycles. The molecule has 1 aromatic carbocycles. The van der Waals surface area contributed by atoms with Crippen molar-refractivity contribution in [2.24, 2.45) is 5.92 Å². The van der Waals surface area contributed by atoms with Gasteiger partial charge in [0.15, 0.2) is 0 Å². The summed E-state index contributed by atoms with van der Waals surface area (Å²) in [6, 6.07) is 1.91. The van der Waals surface area contributed by atoms with Gasteiger partial charge in [-0.25, -0.2) is 4.39 Å². The van der Waals surface area contributed by atoms with Crippen molar-refractivity contribution in [3.63, 3.8) is 0 Å². The van der Waals surface area contributed by atoms with E-state index in [9.17, 15) is 27.2 Å². The Morgan fingerprint density at radius 2 is 1.34 bits per heavy atom. The number of esters is 1. The average molecular weight is 544 g/mol. The summed E-state index contributed by atoms with van der Waals surface area (Å²) in [6.45, 7) is 2.87. The maximum absolute atomic E-state index is 13.6. The summed E-state index contributed by atoms with van der Waals surface area (Å²) >= 11 is 0. The first-order valence-corrected chi connectivity index (χ1v) is 14.6. The number of piperidine rings is 1. The Morgan fingerprint density at radius 3 is 1.84 bits per heavy atom. The highest BCUT2D eigenvalue weighted by atomic mass is 19.4. The van der Waals surface area contributed by atoms with Gasteiger partial charge in [-0.15, -0.1) is 0 Å². The lowest BCUT2D eigenvalue weighted by Gasteiger charge is -2.31. The van der Waals surface area contributed by atoms with Crippen LogP contribution in [0.25, 0.3) is 0 Å². The van der Waals surface area contributed by atoms with Crippen LogP contribution < -0.4 is 0 Å². The summed E-state index contributed by atoms with van der Waals surface area (Å²) in [6.07, 6.45) is 13.4. The fourth-order valence-corrected chi connectivity index (χ4v) is 5.02. The van der Waals surface area contributed by atoms with E-state index in [0.29, 0.717) is 37.6 Å². The van der Waals surface area contributed by atoms with Crippen molar-refractivity contribution in [2.75, 3.05) is 19.7 Å². The van der Waals surface area contributed by atoms with E-state index in [2.05, 4.69) is 6.92 Å². The molecular weight excluding hydrogens is 498 g/mol. The number of nitrogens with zero attached hydrogens (tertiary/aromatic N) is 1. The van der Waals surface area contributed by atoms with E-state index in [4.69, 9.17) is 4.74 Å². The molecule has 1 fully saturated rings. The highest BCUT2D eigenvalue weighted by Gasteiger charge is 2.37. The monoisotopic (exact) mass is 543 g/mol. The number of unbranched alkanes of at least 4 members (excludes halogenated alkanes) is 13. The standard InChI is InChI=1S/C30H45F4NO3/c1-2-3-4-5-6-7-8-9-10-11-12-13-14-15-22-38-29(37)24-18-20-35(21-19-24)28(36)26-23-25(31)16-17-27(26)30(32,33)34/h16-17,23-24H,2-15,18-22H2,1H3. The van der Waals surface area contributed by atoms with Crippen molar-refractivity contribution in [3.05, 3.63) is 35.1 Å². The molecule has 1 amide bonds. The molecule has 38 heavy (non-hydrogen) atoms. The summed E-state index contributed by atoms with van der Waals surface area (Å²) in [7, 11) is 0. The van der Waals surface area contributed by atoms with Crippen molar-refractivity contribution in [2.45, 2.75) is 116 Å². The first kappa shape index (κ1) is 32.1. The van der Waals surface area contributed by atoms with Crippen LogP contribution >= 0.6 is 0 Å². The average Bonchev–Trinajstić information content (AvgIpc) is 2.89. The number of benzene rings is 1. The number of hydrogen-bond acceptors (Lipinski definition) is 3. The largest absolute Gasteiger partial charge is 0.465 e. The van der Waals surface area contributed by atoms with Crippen molar-refractivity contribution in [1.82, 2.24) is 4.90 Å². The van der Waals surface area contributed by atoms with E-state index in [1.807, 2.05) is 0 Å². The predicted molar refractivity (Wildman–Crippen MR) is 141 cm³/mol. The number of halogens is 4. The second-order valence-electron chi connectivity index (χ2n) is 10.5. The second-order valence-corrected chi connectivity index (χ2v) is 10.5. The normalized spacial score (nSPS) is 14.6. The van der Waals surface area contributed by atoms with Crippen molar-refractivity contribution >= 4 is 11.9 Å². The van der Waals surface area contributed by atoms with Gasteiger partial charge < -0.3 is 9.64 Å². The number of hydrogen-bond donors (Lipinski definition) is 0. The Kier molecular flexibility index (Phi) is 14.8. The molecule has 0 atom stereocenters. The number of likely N-dealkylation sites (tertiary alicyclic amines) is 1. The van der Waals surface area contributed by atoms with Gasteiger partial charge in [0.25, 0.3) is 5.91 Å². The molecule has 0 aliphatic carbocycles. The fourth-order valence-electron chi connectivity index (χ4n) is 5.02. The first-order valence-electron chi connectivity index (χ1n) is 14.6. The summed E-state index contributed by atoms with van der Waals surface area (Å²) < 4.78 is 58.7. The van der Waals surface area contributed by atoms with Crippen molar-refractivity contribution in [1.29, 1.82) is 0 Å². The number of alkyl halides is 3. The summed E-state index contributed by atoms with van der Waals surface area (Å²) in [5, 5.41) is 0. The Balaban J connectivity index is 1.54. The Hall–Kier alpha value is -2.12. The van der Waals surface area contributed by atoms with Crippen LogP contribution in [0, 0.1) is 11.7 Å². The van der Waals surface area contributed by atoms with Crippen LogP contribution in [0.15, 0.2) is 18.2 Å². The van der Waals surface area contributed by atoms with E-state index < -0.39 is 29.0 Å². The van der Waals surface area contributed by atoms with Crippen LogP contribution in [0.4, 0.5) is 17.6 Å². The van der Waals surface area contributed by atoms with Crippen LogP contribution in [0.5, 0.6) is 0 Å². The molecule has 0 unspecified atom stereocenters. The highest BCUT2D eigenvalue weighted by molar-refractivity contribution is 5.96. The highest BCUT2D eigenvalue weighted by Crippen LogP contribution is 2.33. The zero-order chi connectivity index (χ0) is 27.8. The molecule has 8 heteroatoms. The van der Waals surface area contributed by atoms with Crippen LogP contribution in [-0.2, 0) is 15.7 Å². The minimum Gasteiger partial charge on any atom is -0.465 e. The van der Waals surface area contributed by atoms with Gasteiger partial charge in [-0.05, 0) is 37.5 Å². The number of amides is 1. The molecule has 2 rings (SSSR count). The zero-order valence-electron chi connectivity index (χ0n) is 22.9. The van der Waals surface area contributed by atoms with Crippen LogP contribution in [-0.4, -0.2) is 36.5 Å². The Morgan fingerprint density at radius 1 is 0.842 bits per heavy atom. The number of carbonyl (C=O) groups excluding carboxylic acids is 2. The molecule has 1 heterocycles. The number of ether oxygens (including phenoxy) is 1. The van der Waals surface area contributed by atoms with Gasteiger partial charge in [-0.3, -0.25) is 9.59 Å². The topological polar surface area (TPSA) is 46.6 Å². The molecule has 1 aliphatic rings. The molecule has 0 N–H and O–H groups in total. The van der Waals surface area contributed by atoms with Gasteiger partial charge in [0.2, 0.25) is 0 Å². The minimum atomic E-state index is -4.76. The van der Waals surface area contributed by atoms with E-state index >= 15 is 0 Å². The number of carbonyl (C=O) groups is 2. The first-order chi connectivity index (χ1) is 18.2. The van der Waals surface area contributed by atoms with Gasteiger partial charge in [0, 0.05) is 13.1 Å². The van der Waals surface area contributed by atoms with Crippen LogP contribution in [0.3, 0.4) is 0 Å². The van der Waals surface area contributed by atoms with Crippen LogP contribution in [0.2, 0.25) is 0 Å². The third-order valence-electron chi connectivity index (χ3n) is 7.38.